The summed E-state index contributed by atoms with van der Waals surface area (Å²) >= 11 is 6.07. The van der Waals surface area contributed by atoms with Crippen LogP contribution in [0.15, 0.2) is 47.4 Å². The van der Waals surface area contributed by atoms with Crippen molar-refractivity contribution in [2.75, 3.05) is 6.54 Å². The molecule has 2 N–H and O–H groups in total. The normalized spacial score (nSPS) is 11.3. The largest absolute Gasteiger partial charge is 0.348 e. The number of benzene rings is 2. The van der Waals surface area contributed by atoms with E-state index in [1.54, 1.807) is 26.0 Å². The van der Waals surface area contributed by atoms with Crippen LogP contribution in [0, 0.1) is 6.92 Å². The Kier molecular flexibility index (Phi) is 5.99. The summed E-state index contributed by atoms with van der Waals surface area (Å²) in [7, 11) is -3.61. The lowest BCUT2D eigenvalue weighted by Gasteiger charge is -2.11. The standard InChI is InChI=1S/C17H19ClN2O3S/c1-3-20-24(22,23)14-9-8-12(2)15(10-14)17(21)19-11-13-6-4-5-7-16(13)18/h4-10,20H,3,11H2,1-2H3,(H,19,21). The first kappa shape index (κ1) is 18.4. The molecule has 0 atom stereocenters. The summed E-state index contributed by atoms with van der Waals surface area (Å²) < 4.78 is 26.6. The van der Waals surface area contributed by atoms with Crippen LogP contribution in [0.3, 0.4) is 0 Å². The van der Waals surface area contributed by atoms with Crippen molar-refractivity contribution in [2.24, 2.45) is 0 Å². The zero-order chi connectivity index (χ0) is 17.7. The van der Waals surface area contributed by atoms with E-state index in [9.17, 15) is 13.2 Å². The maximum atomic E-state index is 12.4. The fraction of sp³-hybridized carbons (Fsp3) is 0.235. The Labute approximate surface area is 147 Å². The molecule has 2 aromatic carbocycles. The van der Waals surface area contributed by atoms with Crippen LogP contribution < -0.4 is 10.0 Å². The second kappa shape index (κ2) is 7.79. The molecule has 2 rings (SSSR count). The van der Waals surface area contributed by atoms with E-state index < -0.39 is 10.0 Å². The number of hydrogen-bond acceptors (Lipinski definition) is 3. The highest BCUT2D eigenvalue weighted by Crippen LogP contribution is 2.17. The SMILES string of the molecule is CCNS(=O)(=O)c1ccc(C)c(C(=O)NCc2ccccc2Cl)c1. The highest BCUT2D eigenvalue weighted by Gasteiger charge is 2.17. The van der Waals surface area contributed by atoms with E-state index in [2.05, 4.69) is 10.0 Å². The average molecular weight is 367 g/mol. The fourth-order valence-electron chi connectivity index (χ4n) is 2.20. The van der Waals surface area contributed by atoms with Gasteiger partial charge in [-0.2, -0.15) is 0 Å². The molecule has 0 spiro atoms. The first-order chi connectivity index (χ1) is 11.3. The molecule has 0 aliphatic rings. The molecule has 7 heteroatoms. The minimum Gasteiger partial charge on any atom is -0.348 e. The predicted octanol–water partition coefficient (Wildman–Crippen LogP) is 2.88. The molecule has 0 aliphatic carbocycles. The maximum absolute atomic E-state index is 12.4. The zero-order valence-corrected chi connectivity index (χ0v) is 15.0. The summed E-state index contributed by atoms with van der Waals surface area (Å²) in [6.45, 7) is 4.00. The molecule has 0 radical (unpaired) electrons. The summed E-state index contributed by atoms with van der Waals surface area (Å²) in [5.74, 6) is -0.346. The quantitative estimate of drug-likeness (QED) is 0.825. The Balaban J connectivity index is 2.22. The molecule has 0 bridgehead atoms. The summed E-state index contributed by atoms with van der Waals surface area (Å²) in [6.07, 6.45) is 0. The van der Waals surface area contributed by atoms with Gasteiger partial charge in [0.05, 0.1) is 4.90 Å². The number of rotatable bonds is 6. The van der Waals surface area contributed by atoms with Gasteiger partial charge < -0.3 is 5.32 Å². The Morgan fingerprint density at radius 2 is 1.88 bits per heavy atom. The number of halogens is 1. The van der Waals surface area contributed by atoms with Crippen LogP contribution in [-0.4, -0.2) is 20.9 Å². The van der Waals surface area contributed by atoms with E-state index >= 15 is 0 Å². The molecule has 0 saturated carbocycles. The van der Waals surface area contributed by atoms with Crippen LogP contribution in [0.1, 0.15) is 28.4 Å². The molecule has 24 heavy (non-hydrogen) atoms. The smallest absolute Gasteiger partial charge is 0.251 e. The summed E-state index contributed by atoms with van der Waals surface area (Å²) in [5, 5.41) is 3.34. The van der Waals surface area contributed by atoms with Gasteiger partial charge in [-0.3, -0.25) is 4.79 Å². The van der Waals surface area contributed by atoms with Crippen LogP contribution in [0.4, 0.5) is 0 Å². The lowest BCUT2D eigenvalue weighted by Crippen LogP contribution is -2.26. The molecule has 0 saturated heterocycles. The van der Waals surface area contributed by atoms with Crippen molar-refractivity contribution < 1.29 is 13.2 Å². The Morgan fingerprint density at radius 3 is 2.54 bits per heavy atom. The molecule has 0 fully saturated rings. The summed E-state index contributed by atoms with van der Waals surface area (Å²) in [4.78, 5) is 12.5. The van der Waals surface area contributed by atoms with Crippen LogP contribution in [0.5, 0.6) is 0 Å². The number of hydrogen-bond donors (Lipinski definition) is 2. The number of aryl methyl sites for hydroxylation is 1. The monoisotopic (exact) mass is 366 g/mol. The summed E-state index contributed by atoms with van der Waals surface area (Å²) in [5.41, 5.74) is 1.81. The van der Waals surface area contributed by atoms with Gasteiger partial charge in [0.25, 0.3) is 5.91 Å². The molecule has 0 aliphatic heterocycles. The topological polar surface area (TPSA) is 75.3 Å². The van der Waals surface area contributed by atoms with Crippen molar-refractivity contribution in [3.63, 3.8) is 0 Å². The van der Waals surface area contributed by atoms with Gasteiger partial charge in [0.2, 0.25) is 10.0 Å². The van der Waals surface area contributed by atoms with Gasteiger partial charge in [0, 0.05) is 23.7 Å². The van der Waals surface area contributed by atoms with Crippen molar-refractivity contribution in [2.45, 2.75) is 25.3 Å². The lowest BCUT2D eigenvalue weighted by molar-refractivity contribution is 0.0950. The van der Waals surface area contributed by atoms with E-state index in [-0.39, 0.29) is 23.9 Å². The average Bonchev–Trinajstić information content (AvgIpc) is 2.54. The molecule has 0 aromatic heterocycles. The van der Waals surface area contributed by atoms with Gasteiger partial charge in [0.1, 0.15) is 0 Å². The van der Waals surface area contributed by atoms with E-state index in [0.29, 0.717) is 16.1 Å². The molecular weight excluding hydrogens is 348 g/mol. The van der Waals surface area contributed by atoms with Crippen LogP contribution >= 0.6 is 11.6 Å². The molecule has 5 nitrogen and oxygen atoms in total. The number of amides is 1. The molecule has 1 amide bonds. The summed E-state index contributed by atoms with van der Waals surface area (Å²) in [6, 6.07) is 11.7. The minimum atomic E-state index is -3.61. The molecule has 2 aromatic rings. The third kappa shape index (κ3) is 4.35. The van der Waals surface area contributed by atoms with Crippen LogP contribution in [-0.2, 0) is 16.6 Å². The Morgan fingerprint density at radius 1 is 1.17 bits per heavy atom. The van der Waals surface area contributed by atoms with Gasteiger partial charge in [-0.1, -0.05) is 42.8 Å². The van der Waals surface area contributed by atoms with Gasteiger partial charge in [-0.05, 0) is 36.2 Å². The highest BCUT2D eigenvalue weighted by molar-refractivity contribution is 7.89. The highest BCUT2D eigenvalue weighted by atomic mass is 35.5. The van der Waals surface area contributed by atoms with E-state index in [4.69, 9.17) is 11.6 Å². The number of carbonyl (C=O) groups excluding carboxylic acids is 1. The Bertz CT molecular complexity index is 851. The van der Waals surface area contributed by atoms with Gasteiger partial charge in [0.15, 0.2) is 0 Å². The molecule has 0 unspecified atom stereocenters. The van der Waals surface area contributed by atoms with E-state index in [1.165, 1.54) is 12.1 Å². The van der Waals surface area contributed by atoms with Crippen molar-refractivity contribution in [3.05, 3.63) is 64.2 Å². The Hall–Kier alpha value is -1.89. The number of carbonyl (C=O) groups is 1. The first-order valence-corrected chi connectivity index (χ1v) is 9.33. The van der Waals surface area contributed by atoms with Crippen LogP contribution in [0.2, 0.25) is 5.02 Å². The van der Waals surface area contributed by atoms with Crippen molar-refractivity contribution in [1.82, 2.24) is 10.0 Å². The van der Waals surface area contributed by atoms with Crippen molar-refractivity contribution in [3.8, 4) is 0 Å². The predicted molar refractivity (Wildman–Crippen MR) is 94.7 cm³/mol. The fourth-order valence-corrected chi connectivity index (χ4v) is 3.47. The zero-order valence-electron chi connectivity index (χ0n) is 13.5. The second-order valence-electron chi connectivity index (χ2n) is 5.25. The molecule has 128 valence electrons. The van der Waals surface area contributed by atoms with E-state index in [1.807, 2.05) is 18.2 Å². The minimum absolute atomic E-state index is 0.0674. The molecule has 0 heterocycles. The van der Waals surface area contributed by atoms with Crippen molar-refractivity contribution >= 4 is 27.5 Å². The van der Waals surface area contributed by atoms with Crippen LogP contribution in [0.25, 0.3) is 0 Å². The second-order valence-corrected chi connectivity index (χ2v) is 7.43. The lowest BCUT2D eigenvalue weighted by atomic mass is 10.1. The third-order valence-corrected chi connectivity index (χ3v) is 5.41. The number of sulfonamides is 1. The van der Waals surface area contributed by atoms with Gasteiger partial charge >= 0.3 is 0 Å². The third-order valence-electron chi connectivity index (χ3n) is 3.50. The first-order valence-electron chi connectivity index (χ1n) is 7.47. The van der Waals surface area contributed by atoms with E-state index in [0.717, 1.165) is 5.56 Å². The molecular formula is C17H19ClN2O3S. The van der Waals surface area contributed by atoms with Gasteiger partial charge in [-0.15, -0.1) is 0 Å². The number of nitrogens with one attached hydrogen (secondary N) is 2. The maximum Gasteiger partial charge on any atom is 0.251 e. The van der Waals surface area contributed by atoms with Gasteiger partial charge in [-0.25, -0.2) is 13.1 Å². The van der Waals surface area contributed by atoms with Crippen molar-refractivity contribution in [1.29, 1.82) is 0 Å².